The molecule has 7 heteroatoms. The fourth-order valence-corrected chi connectivity index (χ4v) is 4.38. The van der Waals surface area contributed by atoms with Gasteiger partial charge in [0.2, 0.25) is 0 Å². The van der Waals surface area contributed by atoms with Crippen molar-refractivity contribution in [3.63, 3.8) is 0 Å². The number of fused-ring (bicyclic) bond motifs is 2. The van der Waals surface area contributed by atoms with E-state index in [2.05, 4.69) is 39.5 Å². The van der Waals surface area contributed by atoms with E-state index in [-0.39, 0.29) is 12.5 Å². The van der Waals surface area contributed by atoms with Crippen molar-refractivity contribution in [1.82, 2.24) is 19.6 Å². The number of benzene rings is 2. The molecular formula is C27H25N5O2. The molecule has 0 saturated carbocycles. The van der Waals surface area contributed by atoms with Crippen LogP contribution in [0.1, 0.15) is 27.2 Å². The SMILES string of the molecule is N#Cc1ccc(-c2ccc3nc(C(=O)NCC(O)CN4CCc5ccccc5C4)cn3c2)cc1. The van der Waals surface area contributed by atoms with Crippen molar-refractivity contribution >= 4 is 11.6 Å². The van der Waals surface area contributed by atoms with Gasteiger partial charge in [0, 0.05) is 38.6 Å². The van der Waals surface area contributed by atoms with Gasteiger partial charge in [-0.25, -0.2) is 4.98 Å². The fraction of sp³-hybridized carbons (Fsp3) is 0.222. The van der Waals surface area contributed by atoms with Crippen LogP contribution in [0.4, 0.5) is 0 Å². The van der Waals surface area contributed by atoms with Crippen LogP contribution in [-0.4, -0.2) is 51.0 Å². The van der Waals surface area contributed by atoms with E-state index < -0.39 is 6.10 Å². The zero-order valence-electron chi connectivity index (χ0n) is 18.7. The molecule has 3 heterocycles. The topological polar surface area (TPSA) is 93.7 Å². The van der Waals surface area contributed by atoms with Crippen molar-refractivity contribution in [2.24, 2.45) is 0 Å². The lowest BCUT2D eigenvalue weighted by molar-refractivity contribution is 0.0838. The largest absolute Gasteiger partial charge is 0.390 e. The number of aliphatic hydroxyl groups excluding tert-OH is 1. The molecule has 0 radical (unpaired) electrons. The van der Waals surface area contributed by atoms with Crippen LogP contribution < -0.4 is 5.32 Å². The lowest BCUT2D eigenvalue weighted by atomic mass is 10.00. The van der Waals surface area contributed by atoms with E-state index in [1.807, 2.05) is 40.9 Å². The Kier molecular flexibility index (Phi) is 6.09. The van der Waals surface area contributed by atoms with Gasteiger partial charge < -0.3 is 14.8 Å². The number of nitrogens with zero attached hydrogens (tertiary/aromatic N) is 4. The van der Waals surface area contributed by atoms with Gasteiger partial charge in [-0.05, 0) is 52.9 Å². The summed E-state index contributed by atoms with van der Waals surface area (Å²) in [5, 5.41) is 22.3. The van der Waals surface area contributed by atoms with Crippen molar-refractivity contribution < 1.29 is 9.90 Å². The molecule has 0 aliphatic carbocycles. The maximum atomic E-state index is 12.7. The number of β-amino-alcohol motifs (C(OH)–C–C–N with tert-alkyl or cyclic N) is 1. The number of carbonyl (C=O) groups is 1. The Balaban J connectivity index is 1.19. The van der Waals surface area contributed by atoms with Gasteiger partial charge in [0.05, 0.1) is 17.7 Å². The predicted molar refractivity (Wildman–Crippen MR) is 129 cm³/mol. The molecular weight excluding hydrogens is 426 g/mol. The highest BCUT2D eigenvalue weighted by molar-refractivity contribution is 5.93. The molecule has 1 atom stereocenters. The number of aliphatic hydroxyl groups is 1. The molecule has 0 saturated heterocycles. The van der Waals surface area contributed by atoms with E-state index in [9.17, 15) is 9.90 Å². The molecule has 2 aromatic carbocycles. The molecule has 0 spiro atoms. The number of nitriles is 1. The first kappa shape index (κ1) is 21.8. The number of hydrogen-bond acceptors (Lipinski definition) is 5. The highest BCUT2D eigenvalue weighted by atomic mass is 16.3. The van der Waals surface area contributed by atoms with E-state index in [1.165, 1.54) is 11.1 Å². The van der Waals surface area contributed by atoms with Crippen LogP contribution in [0.5, 0.6) is 0 Å². The quantitative estimate of drug-likeness (QED) is 0.470. The minimum Gasteiger partial charge on any atom is -0.390 e. The summed E-state index contributed by atoms with van der Waals surface area (Å²) in [6.45, 7) is 2.39. The number of imidazole rings is 1. The molecule has 0 fully saturated rings. The van der Waals surface area contributed by atoms with Crippen LogP contribution in [-0.2, 0) is 13.0 Å². The number of amides is 1. The summed E-state index contributed by atoms with van der Waals surface area (Å²) in [5.74, 6) is -0.313. The zero-order chi connectivity index (χ0) is 23.5. The Bertz CT molecular complexity index is 1370. The summed E-state index contributed by atoms with van der Waals surface area (Å²) in [5.41, 5.74) is 6.18. The minimum atomic E-state index is -0.658. The Hall–Kier alpha value is -3.99. The van der Waals surface area contributed by atoms with Crippen molar-refractivity contribution in [3.8, 4) is 17.2 Å². The van der Waals surface area contributed by atoms with Crippen LogP contribution in [0.25, 0.3) is 16.8 Å². The maximum absolute atomic E-state index is 12.7. The molecule has 0 bridgehead atoms. The van der Waals surface area contributed by atoms with Crippen LogP contribution in [0, 0.1) is 11.3 Å². The summed E-state index contributed by atoms with van der Waals surface area (Å²) < 4.78 is 1.81. The van der Waals surface area contributed by atoms with Crippen LogP contribution in [0.2, 0.25) is 0 Å². The lowest BCUT2D eigenvalue weighted by Crippen LogP contribution is -2.42. The normalized spacial score (nSPS) is 14.4. The van der Waals surface area contributed by atoms with E-state index in [0.717, 1.165) is 30.6 Å². The Labute approximate surface area is 197 Å². The van der Waals surface area contributed by atoms with E-state index >= 15 is 0 Å². The second kappa shape index (κ2) is 9.48. The Morgan fingerprint density at radius 3 is 2.62 bits per heavy atom. The van der Waals surface area contributed by atoms with Crippen LogP contribution >= 0.6 is 0 Å². The number of aromatic nitrogens is 2. The third kappa shape index (κ3) is 4.69. The van der Waals surface area contributed by atoms with Gasteiger partial charge >= 0.3 is 0 Å². The van der Waals surface area contributed by atoms with Gasteiger partial charge in [-0.3, -0.25) is 9.69 Å². The molecule has 170 valence electrons. The smallest absolute Gasteiger partial charge is 0.271 e. The van der Waals surface area contributed by atoms with Gasteiger partial charge in [0.1, 0.15) is 11.3 Å². The lowest BCUT2D eigenvalue weighted by Gasteiger charge is -2.30. The molecule has 7 nitrogen and oxygen atoms in total. The Morgan fingerprint density at radius 1 is 1.06 bits per heavy atom. The first-order valence-electron chi connectivity index (χ1n) is 11.3. The molecule has 1 unspecified atom stereocenters. The molecule has 34 heavy (non-hydrogen) atoms. The Morgan fingerprint density at radius 2 is 1.82 bits per heavy atom. The summed E-state index contributed by atoms with van der Waals surface area (Å²) in [6, 6.07) is 21.6. The van der Waals surface area contributed by atoms with Gasteiger partial charge in [-0.1, -0.05) is 36.4 Å². The number of hydrogen-bond donors (Lipinski definition) is 2. The zero-order valence-corrected chi connectivity index (χ0v) is 18.7. The highest BCUT2D eigenvalue weighted by Gasteiger charge is 2.19. The number of nitrogens with one attached hydrogen (secondary N) is 1. The molecule has 1 aliphatic heterocycles. The third-order valence-electron chi connectivity index (χ3n) is 6.21. The third-order valence-corrected chi connectivity index (χ3v) is 6.21. The van der Waals surface area contributed by atoms with E-state index in [1.54, 1.807) is 18.3 Å². The van der Waals surface area contributed by atoms with Crippen molar-refractivity contribution in [2.75, 3.05) is 19.6 Å². The monoisotopic (exact) mass is 451 g/mol. The van der Waals surface area contributed by atoms with Crippen molar-refractivity contribution in [3.05, 3.63) is 95.4 Å². The van der Waals surface area contributed by atoms with E-state index in [4.69, 9.17) is 5.26 Å². The minimum absolute atomic E-state index is 0.168. The van der Waals surface area contributed by atoms with E-state index in [0.29, 0.717) is 23.4 Å². The molecule has 4 aromatic rings. The summed E-state index contributed by atoms with van der Waals surface area (Å²) in [7, 11) is 0. The van der Waals surface area contributed by atoms with Gasteiger partial charge in [0.15, 0.2) is 0 Å². The number of pyridine rings is 1. The summed E-state index contributed by atoms with van der Waals surface area (Å²) in [6.07, 6.45) is 3.91. The van der Waals surface area contributed by atoms with Gasteiger partial charge in [-0.15, -0.1) is 0 Å². The van der Waals surface area contributed by atoms with Gasteiger partial charge in [-0.2, -0.15) is 5.26 Å². The number of rotatable bonds is 6. The van der Waals surface area contributed by atoms with Crippen molar-refractivity contribution in [1.29, 1.82) is 5.26 Å². The second-order valence-corrected chi connectivity index (χ2v) is 8.62. The summed E-state index contributed by atoms with van der Waals surface area (Å²) >= 11 is 0. The molecule has 1 aliphatic rings. The standard InChI is InChI=1S/C27H25N5O2/c28-13-19-5-7-21(8-6-19)23-9-10-26-30-25(18-32(26)16-23)27(34)29-14-24(33)17-31-12-11-20-3-1-2-4-22(20)15-31/h1-10,16,18,24,33H,11-12,14-15,17H2,(H,29,34). The summed E-state index contributed by atoms with van der Waals surface area (Å²) in [4.78, 5) is 19.3. The maximum Gasteiger partial charge on any atom is 0.271 e. The van der Waals surface area contributed by atoms with Crippen LogP contribution in [0.15, 0.2) is 73.1 Å². The van der Waals surface area contributed by atoms with Crippen molar-refractivity contribution in [2.45, 2.75) is 19.1 Å². The first-order valence-corrected chi connectivity index (χ1v) is 11.3. The molecule has 1 amide bonds. The predicted octanol–water partition coefficient (Wildman–Crippen LogP) is 3.02. The highest BCUT2D eigenvalue weighted by Crippen LogP contribution is 2.21. The molecule has 2 N–H and O–H groups in total. The van der Waals surface area contributed by atoms with Crippen LogP contribution in [0.3, 0.4) is 0 Å². The molecule has 2 aromatic heterocycles. The second-order valence-electron chi connectivity index (χ2n) is 8.62. The van der Waals surface area contributed by atoms with Gasteiger partial charge in [0.25, 0.3) is 5.91 Å². The molecule has 5 rings (SSSR count). The average Bonchev–Trinajstić information content (AvgIpc) is 3.31. The number of carbonyl (C=O) groups excluding carboxylic acids is 1. The fourth-order valence-electron chi connectivity index (χ4n) is 4.38. The average molecular weight is 452 g/mol. The first-order chi connectivity index (χ1) is 16.6.